The Labute approximate surface area is 202 Å². The summed E-state index contributed by atoms with van der Waals surface area (Å²) in [6.07, 6.45) is 1.21. The van der Waals surface area contributed by atoms with Gasteiger partial charge in [0, 0.05) is 30.5 Å². The van der Waals surface area contributed by atoms with Crippen LogP contribution < -0.4 is 16.0 Å². The molecule has 1 aromatic carbocycles. The van der Waals surface area contributed by atoms with Crippen LogP contribution in [0.25, 0.3) is 10.2 Å². The van der Waals surface area contributed by atoms with E-state index in [1.54, 1.807) is 19.1 Å². The average molecular weight is 490 g/mol. The zero-order valence-electron chi connectivity index (χ0n) is 18.9. The Morgan fingerprint density at radius 2 is 2.00 bits per heavy atom. The third-order valence-electron chi connectivity index (χ3n) is 5.30. The molecule has 0 unspecified atom stereocenters. The number of nitrogens with one attached hydrogen (secondary N) is 3. The van der Waals surface area contributed by atoms with Gasteiger partial charge in [-0.1, -0.05) is 45.4 Å². The number of nitrogens with zero attached hydrogens (tertiary/aromatic N) is 2. The first kappa shape index (κ1) is 26.3. The third kappa shape index (κ3) is 7.55. The molecule has 2 rings (SSSR count). The fourth-order valence-corrected chi connectivity index (χ4v) is 4.32. The molecule has 0 spiro atoms. The van der Waals surface area contributed by atoms with Crippen molar-refractivity contribution in [3.05, 3.63) is 40.4 Å². The van der Waals surface area contributed by atoms with Crippen molar-refractivity contribution in [2.75, 3.05) is 6.54 Å². The SMILES string of the molecule is C=C(C#N)C(=O)NC[C@@H](NC(=O)[C@H](Cc1nc2ccc(Cl)cc2s1)NC(=O)CC)[C@@H](C)CC. The molecular formula is C23H28ClN5O3S. The summed E-state index contributed by atoms with van der Waals surface area (Å²) in [7, 11) is 0. The number of halogens is 1. The van der Waals surface area contributed by atoms with Crippen molar-refractivity contribution in [2.45, 2.75) is 52.1 Å². The first-order valence-corrected chi connectivity index (χ1v) is 11.9. The Morgan fingerprint density at radius 3 is 2.64 bits per heavy atom. The Balaban J connectivity index is 2.18. The zero-order chi connectivity index (χ0) is 24.5. The van der Waals surface area contributed by atoms with Gasteiger partial charge in [-0.2, -0.15) is 5.26 Å². The lowest BCUT2D eigenvalue weighted by molar-refractivity contribution is -0.129. The molecule has 10 heteroatoms. The summed E-state index contributed by atoms with van der Waals surface area (Å²) >= 11 is 7.47. The number of nitriles is 1. The topological polar surface area (TPSA) is 124 Å². The number of hydrogen-bond donors (Lipinski definition) is 3. The molecule has 33 heavy (non-hydrogen) atoms. The van der Waals surface area contributed by atoms with E-state index in [2.05, 4.69) is 27.5 Å². The molecule has 8 nitrogen and oxygen atoms in total. The van der Waals surface area contributed by atoms with Crippen LogP contribution in [0.4, 0.5) is 0 Å². The second-order valence-corrected chi connectivity index (χ2v) is 9.25. The number of carbonyl (C=O) groups excluding carboxylic acids is 3. The first-order chi connectivity index (χ1) is 15.7. The van der Waals surface area contributed by atoms with E-state index < -0.39 is 18.0 Å². The lowest BCUT2D eigenvalue weighted by Crippen LogP contribution is -2.54. The largest absolute Gasteiger partial charge is 0.350 e. The van der Waals surface area contributed by atoms with Crippen molar-refractivity contribution >= 4 is 50.9 Å². The van der Waals surface area contributed by atoms with Gasteiger partial charge in [-0.25, -0.2) is 4.98 Å². The summed E-state index contributed by atoms with van der Waals surface area (Å²) in [4.78, 5) is 41.8. The number of fused-ring (bicyclic) bond motifs is 1. The minimum absolute atomic E-state index is 0.0386. The molecular weight excluding hydrogens is 462 g/mol. The maximum absolute atomic E-state index is 13.2. The molecule has 0 saturated carbocycles. The molecule has 0 radical (unpaired) electrons. The van der Waals surface area contributed by atoms with Gasteiger partial charge in [-0.05, 0) is 24.1 Å². The first-order valence-electron chi connectivity index (χ1n) is 10.7. The van der Waals surface area contributed by atoms with Crippen LogP contribution >= 0.6 is 22.9 Å². The zero-order valence-corrected chi connectivity index (χ0v) is 20.5. The standard InChI is InChI=1S/C23H28ClN5O3S/c1-5-13(3)18(12-26-22(31)14(4)11-25)29-23(32)17(27-20(30)6-2)10-21-28-16-8-7-15(24)9-19(16)33-21/h7-9,13,17-18H,4-6,10,12H2,1-3H3,(H,26,31)(H,27,30)(H,29,32)/t13-,17-,18+/m0/s1. The molecule has 176 valence electrons. The van der Waals surface area contributed by atoms with Gasteiger partial charge >= 0.3 is 0 Å². The van der Waals surface area contributed by atoms with Gasteiger partial charge in [0.1, 0.15) is 17.7 Å². The van der Waals surface area contributed by atoms with E-state index in [0.29, 0.717) is 10.0 Å². The van der Waals surface area contributed by atoms with Gasteiger partial charge in [0.2, 0.25) is 11.8 Å². The molecule has 3 atom stereocenters. The molecule has 3 amide bonds. The van der Waals surface area contributed by atoms with Crippen LogP contribution in [0.15, 0.2) is 30.4 Å². The van der Waals surface area contributed by atoms with Crippen molar-refractivity contribution < 1.29 is 14.4 Å². The van der Waals surface area contributed by atoms with Gasteiger partial charge in [-0.3, -0.25) is 14.4 Å². The molecule has 0 aliphatic heterocycles. The smallest absolute Gasteiger partial charge is 0.261 e. The van der Waals surface area contributed by atoms with Crippen LogP contribution in [0.2, 0.25) is 5.02 Å². The van der Waals surface area contributed by atoms with E-state index >= 15 is 0 Å². The number of amides is 3. The molecule has 0 aliphatic rings. The van der Waals surface area contributed by atoms with Crippen LogP contribution in [-0.2, 0) is 20.8 Å². The highest BCUT2D eigenvalue weighted by Crippen LogP contribution is 2.26. The van der Waals surface area contributed by atoms with E-state index in [-0.39, 0.29) is 42.7 Å². The number of benzene rings is 1. The van der Waals surface area contributed by atoms with Gasteiger partial charge < -0.3 is 16.0 Å². The van der Waals surface area contributed by atoms with Crippen molar-refractivity contribution in [1.29, 1.82) is 5.26 Å². The molecule has 0 aliphatic carbocycles. The third-order valence-corrected chi connectivity index (χ3v) is 6.57. The number of hydrogen-bond acceptors (Lipinski definition) is 6. The Hall–Kier alpha value is -2.96. The maximum atomic E-state index is 13.2. The van der Waals surface area contributed by atoms with Crippen LogP contribution in [0.3, 0.4) is 0 Å². The van der Waals surface area contributed by atoms with Gasteiger partial charge in [-0.15, -0.1) is 11.3 Å². The molecule has 3 N–H and O–H groups in total. The quantitative estimate of drug-likeness (QED) is 0.330. The predicted molar refractivity (Wildman–Crippen MR) is 130 cm³/mol. The average Bonchev–Trinajstić information content (AvgIpc) is 3.20. The highest BCUT2D eigenvalue weighted by Gasteiger charge is 2.27. The van der Waals surface area contributed by atoms with Crippen molar-refractivity contribution in [3.8, 4) is 6.07 Å². The van der Waals surface area contributed by atoms with Crippen molar-refractivity contribution in [2.24, 2.45) is 5.92 Å². The maximum Gasteiger partial charge on any atom is 0.261 e. The number of rotatable bonds is 11. The highest BCUT2D eigenvalue weighted by atomic mass is 35.5. The summed E-state index contributed by atoms with van der Waals surface area (Å²) in [6, 6.07) is 5.86. The van der Waals surface area contributed by atoms with E-state index in [9.17, 15) is 14.4 Å². The van der Waals surface area contributed by atoms with E-state index in [1.165, 1.54) is 11.3 Å². The highest BCUT2D eigenvalue weighted by molar-refractivity contribution is 7.18. The molecule has 0 saturated heterocycles. The molecule has 2 aromatic rings. The van der Waals surface area contributed by atoms with Crippen LogP contribution in [0.1, 0.15) is 38.6 Å². The fourth-order valence-electron chi connectivity index (χ4n) is 3.04. The van der Waals surface area contributed by atoms with Crippen LogP contribution in [0.5, 0.6) is 0 Å². The van der Waals surface area contributed by atoms with Crippen LogP contribution in [0, 0.1) is 17.2 Å². The monoisotopic (exact) mass is 489 g/mol. The van der Waals surface area contributed by atoms with E-state index in [4.69, 9.17) is 16.9 Å². The Bertz CT molecular complexity index is 1080. The van der Waals surface area contributed by atoms with Gasteiger partial charge in [0.15, 0.2) is 0 Å². The lowest BCUT2D eigenvalue weighted by Gasteiger charge is -2.27. The number of thiazole rings is 1. The Morgan fingerprint density at radius 1 is 1.27 bits per heavy atom. The second kappa shape index (κ2) is 12.3. The summed E-state index contributed by atoms with van der Waals surface area (Å²) in [5.74, 6) is -1.16. The number of carbonyl (C=O) groups is 3. The fraction of sp³-hybridized carbons (Fsp3) is 0.435. The lowest BCUT2D eigenvalue weighted by atomic mass is 9.98. The molecule has 0 fully saturated rings. The summed E-state index contributed by atoms with van der Waals surface area (Å²) in [6.45, 7) is 9.17. The Kier molecular flexibility index (Phi) is 9.82. The molecule has 0 bridgehead atoms. The van der Waals surface area contributed by atoms with Crippen molar-refractivity contribution in [1.82, 2.24) is 20.9 Å². The van der Waals surface area contributed by atoms with Gasteiger partial charge in [0.05, 0.1) is 15.2 Å². The van der Waals surface area contributed by atoms with Crippen molar-refractivity contribution in [3.63, 3.8) is 0 Å². The van der Waals surface area contributed by atoms with Gasteiger partial charge in [0.25, 0.3) is 5.91 Å². The number of aromatic nitrogens is 1. The predicted octanol–water partition coefficient (Wildman–Crippen LogP) is 3.11. The molecule has 1 aromatic heterocycles. The summed E-state index contributed by atoms with van der Waals surface area (Å²) in [5, 5.41) is 18.5. The van der Waals surface area contributed by atoms with E-state index in [0.717, 1.165) is 16.6 Å². The second-order valence-electron chi connectivity index (χ2n) is 7.70. The van der Waals surface area contributed by atoms with Crippen LogP contribution in [-0.4, -0.2) is 41.3 Å². The van der Waals surface area contributed by atoms with E-state index in [1.807, 2.05) is 26.0 Å². The molecule has 1 heterocycles. The minimum Gasteiger partial charge on any atom is -0.350 e. The summed E-state index contributed by atoms with van der Waals surface area (Å²) < 4.78 is 0.899. The normalized spacial score (nSPS) is 13.4. The minimum atomic E-state index is -0.829. The summed E-state index contributed by atoms with van der Waals surface area (Å²) in [5.41, 5.74) is 0.576.